The van der Waals surface area contributed by atoms with Crippen LogP contribution in [-0.2, 0) is 0 Å². The topological polar surface area (TPSA) is 33.3 Å². The molecule has 1 heterocycles. The molecule has 0 aliphatic carbocycles. The molecule has 2 N–H and O–H groups in total. The van der Waals surface area contributed by atoms with Crippen LogP contribution in [0.2, 0.25) is 5.02 Å². The molecule has 1 aliphatic heterocycles. The van der Waals surface area contributed by atoms with E-state index in [-0.39, 0.29) is 0 Å². The Kier molecular flexibility index (Phi) is 5.20. The summed E-state index contributed by atoms with van der Waals surface area (Å²) >= 11 is 5.87. The van der Waals surface area contributed by atoms with Crippen molar-refractivity contribution in [3.8, 4) is 11.5 Å². The molecule has 1 fully saturated rings. The van der Waals surface area contributed by atoms with Gasteiger partial charge in [-0.25, -0.2) is 0 Å². The molecule has 3 rings (SSSR count). The number of benzene rings is 2. The highest BCUT2D eigenvalue weighted by atomic mass is 35.5. The third-order valence-electron chi connectivity index (χ3n) is 3.90. The summed E-state index contributed by atoms with van der Waals surface area (Å²) in [7, 11) is 0. The molecule has 0 amide bonds. The predicted molar refractivity (Wildman–Crippen MR) is 92.1 cm³/mol. The van der Waals surface area contributed by atoms with Gasteiger partial charge in [0.05, 0.1) is 0 Å². The average Bonchev–Trinajstić information content (AvgIpc) is 2.57. The minimum atomic E-state index is 0.712. The predicted octanol–water partition coefficient (Wildman–Crippen LogP) is 4.54. The quantitative estimate of drug-likeness (QED) is 0.849. The normalized spacial score (nSPS) is 18.0. The van der Waals surface area contributed by atoms with Crippen LogP contribution in [0.15, 0.2) is 48.5 Å². The fraction of sp³-hybridized carbons (Fsp3) is 0.333. The first kappa shape index (κ1) is 15.2. The van der Waals surface area contributed by atoms with Gasteiger partial charge < -0.3 is 15.4 Å². The van der Waals surface area contributed by atoms with Crippen LogP contribution in [0.3, 0.4) is 0 Å². The standard InChI is InChI=1S/C18H21ClN2O/c19-15-3-7-17(8-4-15)22-18-9-5-16(6-10-18)21-13-14-2-1-11-20-12-14/h3-10,14,20-21H,1-2,11-13H2. The van der Waals surface area contributed by atoms with Gasteiger partial charge in [0.1, 0.15) is 11.5 Å². The summed E-state index contributed by atoms with van der Waals surface area (Å²) in [6.07, 6.45) is 2.58. The number of piperidine rings is 1. The van der Waals surface area contributed by atoms with E-state index in [4.69, 9.17) is 16.3 Å². The van der Waals surface area contributed by atoms with Crippen LogP contribution in [0.4, 0.5) is 5.69 Å². The highest BCUT2D eigenvalue weighted by Gasteiger charge is 2.12. The van der Waals surface area contributed by atoms with E-state index in [1.807, 2.05) is 36.4 Å². The Morgan fingerprint density at radius 1 is 1.05 bits per heavy atom. The lowest BCUT2D eigenvalue weighted by Gasteiger charge is -2.23. The second-order valence-electron chi connectivity index (χ2n) is 5.67. The molecule has 0 saturated carbocycles. The number of hydrogen-bond acceptors (Lipinski definition) is 3. The molecule has 0 aromatic heterocycles. The number of hydrogen-bond donors (Lipinski definition) is 2. The van der Waals surface area contributed by atoms with Crippen molar-refractivity contribution in [3.63, 3.8) is 0 Å². The third-order valence-corrected chi connectivity index (χ3v) is 4.15. The highest BCUT2D eigenvalue weighted by molar-refractivity contribution is 6.30. The van der Waals surface area contributed by atoms with Crippen LogP contribution in [0.25, 0.3) is 0 Å². The van der Waals surface area contributed by atoms with Crippen molar-refractivity contribution in [2.75, 3.05) is 25.0 Å². The Hall–Kier alpha value is -1.71. The molecule has 2 aromatic rings. The van der Waals surface area contributed by atoms with Gasteiger partial charge in [-0.05, 0) is 80.4 Å². The minimum Gasteiger partial charge on any atom is -0.457 e. The van der Waals surface area contributed by atoms with Crippen LogP contribution >= 0.6 is 11.6 Å². The fourth-order valence-electron chi connectivity index (χ4n) is 2.64. The van der Waals surface area contributed by atoms with Gasteiger partial charge >= 0.3 is 0 Å². The highest BCUT2D eigenvalue weighted by Crippen LogP contribution is 2.24. The van der Waals surface area contributed by atoms with Crippen molar-refractivity contribution in [1.29, 1.82) is 0 Å². The zero-order valence-electron chi connectivity index (χ0n) is 12.5. The zero-order chi connectivity index (χ0) is 15.2. The third kappa shape index (κ3) is 4.39. The fourth-order valence-corrected chi connectivity index (χ4v) is 2.77. The number of anilines is 1. The van der Waals surface area contributed by atoms with E-state index in [9.17, 15) is 0 Å². The van der Waals surface area contributed by atoms with Gasteiger partial charge in [-0.3, -0.25) is 0 Å². The van der Waals surface area contributed by atoms with Crippen LogP contribution in [0, 0.1) is 5.92 Å². The van der Waals surface area contributed by atoms with E-state index in [2.05, 4.69) is 22.8 Å². The average molecular weight is 317 g/mol. The SMILES string of the molecule is Clc1ccc(Oc2ccc(NCC3CCCNC3)cc2)cc1. The van der Waals surface area contributed by atoms with E-state index >= 15 is 0 Å². The lowest BCUT2D eigenvalue weighted by atomic mass is 10.00. The van der Waals surface area contributed by atoms with E-state index in [0.717, 1.165) is 42.7 Å². The van der Waals surface area contributed by atoms with Crippen LogP contribution in [0.1, 0.15) is 12.8 Å². The van der Waals surface area contributed by atoms with Crippen molar-refractivity contribution >= 4 is 17.3 Å². The van der Waals surface area contributed by atoms with E-state index < -0.39 is 0 Å². The summed E-state index contributed by atoms with van der Waals surface area (Å²) in [6, 6.07) is 15.5. The van der Waals surface area contributed by atoms with Gasteiger partial charge in [0, 0.05) is 17.3 Å². The first-order valence-corrected chi connectivity index (χ1v) is 8.15. The lowest BCUT2D eigenvalue weighted by molar-refractivity contribution is 0.393. The summed E-state index contributed by atoms with van der Waals surface area (Å²) in [5.41, 5.74) is 1.13. The summed E-state index contributed by atoms with van der Waals surface area (Å²) in [5, 5.41) is 7.65. The van der Waals surface area contributed by atoms with Crippen LogP contribution in [0.5, 0.6) is 11.5 Å². The van der Waals surface area contributed by atoms with Gasteiger partial charge in [-0.15, -0.1) is 0 Å². The van der Waals surface area contributed by atoms with Gasteiger partial charge in [0.2, 0.25) is 0 Å². The van der Waals surface area contributed by atoms with Crippen molar-refractivity contribution in [3.05, 3.63) is 53.6 Å². The first-order valence-electron chi connectivity index (χ1n) is 7.78. The van der Waals surface area contributed by atoms with Gasteiger partial charge in [-0.1, -0.05) is 11.6 Å². The smallest absolute Gasteiger partial charge is 0.127 e. The first-order chi connectivity index (χ1) is 10.8. The molecule has 4 heteroatoms. The second kappa shape index (κ2) is 7.52. The molecule has 0 spiro atoms. The van der Waals surface area contributed by atoms with Crippen molar-refractivity contribution < 1.29 is 4.74 Å². The Morgan fingerprint density at radius 2 is 1.73 bits per heavy atom. The molecule has 0 radical (unpaired) electrons. The molecule has 0 bridgehead atoms. The summed E-state index contributed by atoms with van der Waals surface area (Å²) in [6.45, 7) is 3.29. The summed E-state index contributed by atoms with van der Waals surface area (Å²) in [5.74, 6) is 2.34. The number of ether oxygens (including phenoxy) is 1. The largest absolute Gasteiger partial charge is 0.457 e. The molecule has 1 aliphatic rings. The zero-order valence-corrected chi connectivity index (χ0v) is 13.3. The maximum Gasteiger partial charge on any atom is 0.127 e. The van der Waals surface area contributed by atoms with E-state index in [1.165, 1.54) is 12.8 Å². The van der Waals surface area contributed by atoms with Gasteiger partial charge in [0.15, 0.2) is 0 Å². The van der Waals surface area contributed by atoms with Crippen LogP contribution < -0.4 is 15.4 Å². The molecule has 3 nitrogen and oxygen atoms in total. The number of rotatable bonds is 5. The maximum atomic E-state index is 5.87. The summed E-state index contributed by atoms with van der Waals surface area (Å²) < 4.78 is 5.79. The monoisotopic (exact) mass is 316 g/mol. The maximum absolute atomic E-state index is 5.87. The van der Waals surface area contributed by atoms with Crippen molar-refractivity contribution in [1.82, 2.24) is 5.32 Å². The van der Waals surface area contributed by atoms with Crippen molar-refractivity contribution in [2.45, 2.75) is 12.8 Å². The molecule has 22 heavy (non-hydrogen) atoms. The Balaban J connectivity index is 1.52. The molecule has 2 aromatic carbocycles. The second-order valence-corrected chi connectivity index (χ2v) is 6.11. The molecule has 116 valence electrons. The van der Waals surface area contributed by atoms with Crippen molar-refractivity contribution in [2.24, 2.45) is 5.92 Å². The van der Waals surface area contributed by atoms with Crippen LogP contribution in [-0.4, -0.2) is 19.6 Å². The Bertz CT molecular complexity index is 577. The van der Waals surface area contributed by atoms with E-state index in [1.54, 1.807) is 0 Å². The number of nitrogens with one attached hydrogen (secondary N) is 2. The number of halogens is 1. The summed E-state index contributed by atoms with van der Waals surface area (Å²) in [4.78, 5) is 0. The van der Waals surface area contributed by atoms with Gasteiger partial charge in [-0.2, -0.15) is 0 Å². The molecular weight excluding hydrogens is 296 g/mol. The Morgan fingerprint density at radius 3 is 2.36 bits per heavy atom. The van der Waals surface area contributed by atoms with Gasteiger partial charge in [0.25, 0.3) is 0 Å². The minimum absolute atomic E-state index is 0.712. The van der Waals surface area contributed by atoms with E-state index in [0.29, 0.717) is 5.02 Å². The molecule has 1 saturated heterocycles. The molecule has 1 unspecified atom stereocenters. The molecule has 1 atom stereocenters. The lowest BCUT2D eigenvalue weighted by Crippen LogP contribution is -2.33. The molecular formula is C18H21ClN2O. The Labute approximate surface area is 136 Å².